The third-order valence-corrected chi connectivity index (χ3v) is 5.17. The molecule has 0 amide bonds. The number of piperazine rings is 1. The highest BCUT2D eigenvalue weighted by Gasteiger charge is 2.21. The van der Waals surface area contributed by atoms with Crippen LogP contribution in [-0.4, -0.2) is 57.9 Å². The first-order valence-corrected chi connectivity index (χ1v) is 10.3. The second kappa shape index (κ2) is 9.02. The van der Waals surface area contributed by atoms with E-state index < -0.39 is 0 Å². The fourth-order valence-corrected chi connectivity index (χ4v) is 3.68. The van der Waals surface area contributed by atoms with Crippen molar-refractivity contribution in [1.82, 2.24) is 19.9 Å². The first-order chi connectivity index (χ1) is 14.6. The minimum atomic E-state index is 0.118. The average molecular weight is 406 g/mol. The largest absolute Gasteiger partial charge is 0.491 e. The Morgan fingerprint density at radius 1 is 1.03 bits per heavy atom. The highest BCUT2D eigenvalue weighted by molar-refractivity contribution is 6.09. The Bertz CT molecular complexity index is 947. The van der Waals surface area contributed by atoms with Gasteiger partial charge in [0.15, 0.2) is 0 Å². The van der Waals surface area contributed by atoms with Crippen LogP contribution in [0.25, 0.3) is 0 Å². The maximum Gasteiger partial charge on any atom is 0.132 e. The Morgan fingerprint density at radius 2 is 1.77 bits per heavy atom. The molecule has 8 nitrogen and oxygen atoms in total. The first-order valence-electron chi connectivity index (χ1n) is 10.3. The number of allylic oxidation sites excluding steroid dienone is 3. The number of anilines is 2. The summed E-state index contributed by atoms with van der Waals surface area (Å²) in [5, 5.41) is 8.67. The van der Waals surface area contributed by atoms with Gasteiger partial charge in [-0.3, -0.25) is 5.41 Å². The maximum absolute atomic E-state index is 8.67. The molecule has 8 heteroatoms. The van der Waals surface area contributed by atoms with Gasteiger partial charge in [-0.05, 0) is 50.5 Å². The van der Waals surface area contributed by atoms with Crippen LogP contribution in [-0.2, 0) is 4.74 Å². The molecule has 0 aromatic carbocycles. The van der Waals surface area contributed by atoms with E-state index >= 15 is 0 Å². The molecule has 0 radical (unpaired) electrons. The summed E-state index contributed by atoms with van der Waals surface area (Å²) in [5.41, 5.74) is 2.04. The van der Waals surface area contributed by atoms with Gasteiger partial charge in [-0.15, -0.1) is 0 Å². The second-order valence-corrected chi connectivity index (χ2v) is 7.66. The zero-order valence-electron chi connectivity index (χ0n) is 17.5. The lowest BCUT2D eigenvalue weighted by atomic mass is 9.97. The lowest BCUT2D eigenvalue weighted by Gasteiger charge is -2.36. The van der Waals surface area contributed by atoms with Crippen LogP contribution < -0.4 is 9.80 Å². The molecule has 2 aromatic heterocycles. The topological polar surface area (TPSA) is 91.1 Å². The number of aromatic nitrogens is 4. The highest BCUT2D eigenvalue weighted by atomic mass is 16.5. The number of nitrogens with zero attached hydrogens (tertiary/aromatic N) is 6. The smallest absolute Gasteiger partial charge is 0.132 e. The van der Waals surface area contributed by atoms with Gasteiger partial charge in [-0.1, -0.05) is 0 Å². The summed E-state index contributed by atoms with van der Waals surface area (Å²) in [5.74, 6) is 2.65. The van der Waals surface area contributed by atoms with Crippen molar-refractivity contribution in [2.24, 2.45) is 0 Å². The van der Waals surface area contributed by atoms with Crippen LogP contribution >= 0.6 is 0 Å². The predicted molar refractivity (Wildman–Crippen MR) is 117 cm³/mol. The molecule has 30 heavy (non-hydrogen) atoms. The van der Waals surface area contributed by atoms with Gasteiger partial charge in [-0.25, -0.2) is 19.9 Å². The molecule has 0 bridgehead atoms. The van der Waals surface area contributed by atoms with Crippen LogP contribution in [0.4, 0.5) is 11.6 Å². The van der Waals surface area contributed by atoms with E-state index in [1.54, 1.807) is 18.9 Å². The number of nitrogens with one attached hydrogen (secondary N) is 1. The molecule has 0 unspecified atom stereocenters. The Labute approximate surface area is 176 Å². The molecule has 0 saturated carbocycles. The van der Waals surface area contributed by atoms with Crippen molar-refractivity contribution in [2.45, 2.75) is 32.8 Å². The molecule has 1 aliphatic heterocycles. The van der Waals surface area contributed by atoms with E-state index in [-0.39, 0.29) is 6.10 Å². The molecule has 0 atom stereocenters. The molecule has 3 heterocycles. The SMILES string of the molecule is CC(C)OC1=CCCC(C(=N)c2cc(N3CCN(c4ccncn4)CC3)ncn2)=C1. The standard InChI is InChI=1S/C22H27N7O/c1-16(2)30-18-5-3-4-17(12-18)22(23)19-13-21(27-15-25-19)29-10-8-28(9-11-29)20-6-7-24-14-26-20/h5-7,12-16,23H,3-4,8-11H2,1-2H3. The van der Waals surface area contributed by atoms with Crippen molar-refractivity contribution >= 4 is 17.3 Å². The van der Waals surface area contributed by atoms with E-state index in [0.29, 0.717) is 11.4 Å². The van der Waals surface area contributed by atoms with Crippen LogP contribution in [0.5, 0.6) is 0 Å². The summed E-state index contributed by atoms with van der Waals surface area (Å²) in [7, 11) is 0. The Morgan fingerprint density at radius 3 is 2.47 bits per heavy atom. The van der Waals surface area contributed by atoms with Crippen LogP contribution in [0.3, 0.4) is 0 Å². The van der Waals surface area contributed by atoms with E-state index in [1.807, 2.05) is 32.1 Å². The van der Waals surface area contributed by atoms with Crippen molar-refractivity contribution < 1.29 is 4.74 Å². The molecule has 2 aromatic rings. The van der Waals surface area contributed by atoms with Gasteiger partial charge >= 0.3 is 0 Å². The van der Waals surface area contributed by atoms with E-state index in [2.05, 4.69) is 35.8 Å². The Kier molecular flexibility index (Phi) is 6.02. The fourth-order valence-electron chi connectivity index (χ4n) is 3.68. The third-order valence-electron chi connectivity index (χ3n) is 5.17. The quantitative estimate of drug-likeness (QED) is 0.739. The minimum absolute atomic E-state index is 0.118. The Balaban J connectivity index is 1.44. The summed E-state index contributed by atoms with van der Waals surface area (Å²) < 4.78 is 5.81. The van der Waals surface area contributed by atoms with Crippen molar-refractivity contribution in [3.8, 4) is 0 Å². The van der Waals surface area contributed by atoms with Crippen LogP contribution in [0.1, 0.15) is 32.4 Å². The maximum atomic E-state index is 8.67. The molecule has 0 spiro atoms. The van der Waals surface area contributed by atoms with E-state index in [9.17, 15) is 0 Å². The van der Waals surface area contributed by atoms with E-state index in [4.69, 9.17) is 10.1 Å². The van der Waals surface area contributed by atoms with Crippen molar-refractivity contribution in [3.05, 3.63) is 60.2 Å². The number of rotatable bonds is 6. The Hall–Kier alpha value is -3.29. The lowest BCUT2D eigenvalue weighted by Crippen LogP contribution is -2.47. The summed E-state index contributed by atoms with van der Waals surface area (Å²) in [4.78, 5) is 21.6. The van der Waals surface area contributed by atoms with Gasteiger partial charge in [0.2, 0.25) is 0 Å². The van der Waals surface area contributed by atoms with Crippen LogP contribution in [0.15, 0.2) is 54.5 Å². The number of ether oxygens (including phenoxy) is 1. The molecule has 1 N–H and O–H groups in total. The van der Waals surface area contributed by atoms with Gasteiger partial charge in [0.05, 0.1) is 17.5 Å². The monoisotopic (exact) mass is 405 g/mol. The summed E-state index contributed by atoms with van der Waals surface area (Å²) in [6.45, 7) is 7.42. The molecule has 4 rings (SSSR count). The van der Waals surface area contributed by atoms with Gasteiger partial charge in [0.25, 0.3) is 0 Å². The van der Waals surface area contributed by atoms with Crippen LogP contribution in [0.2, 0.25) is 0 Å². The summed E-state index contributed by atoms with van der Waals surface area (Å²) >= 11 is 0. The fraction of sp³-hybridized carbons (Fsp3) is 0.409. The summed E-state index contributed by atoms with van der Waals surface area (Å²) in [6.07, 6.45) is 10.8. The molecule has 1 aliphatic carbocycles. The second-order valence-electron chi connectivity index (χ2n) is 7.66. The van der Waals surface area contributed by atoms with E-state index in [0.717, 1.165) is 62.0 Å². The zero-order chi connectivity index (χ0) is 20.9. The zero-order valence-corrected chi connectivity index (χ0v) is 17.5. The first kappa shape index (κ1) is 20.0. The van der Waals surface area contributed by atoms with Crippen molar-refractivity contribution in [3.63, 3.8) is 0 Å². The minimum Gasteiger partial charge on any atom is -0.491 e. The lowest BCUT2D eigenvalue weighted by molar-refractivity contribution is 0.156. The van der Waals surface area contributed by atoms with Gasteiger partial charge < -0.3 is 14.5 Å². The predicted octanol–water partition coefficient (Wildman–Crippen LogP) is 2.99. The normalized spacial score (nSPS) is 16.9. The van der Waals surface area contributed by atoms with Crippen molar-refractivity contribution in [1.29, 1.82) is 5.41 Å². The van der Waals surface area contributed by atoms with Crippen molar-refractivity contribution in [2.75, 3.05) is 36.0 Å². The van der Waals surface area contributed by atoms with Gasteiger partial charge in [0, 0.05) is 38.4 Å². The third kappa shape index (κ3) is 4.64. The van der Waals surface area contributed by atoms with Gasteiger partial charge in [0.1, 0.15) is 30.0 Å². The molecule has 1 fully saturated rings. The number of hydrogen-bond donors (Lipinski definition) is 1. The number of hydrogen-bond acceptors (Lipinski definition) is 8. The van der Waals surface area contributed by atoms with Crippen LogP contribution in [0, 0.1) is 5.41 Å². The molecular weight excluding hydrogens is 378 g/mol. The summed E-state index contributed by atoms with van der Waals surface area (Å²) in [6, 6.07) is 3.86. The van der Waals surface area contributed by atoms with E-state index in [1.165, 1.54) is 0 Å². The molecule has 1 saturated heterocycles. The molecule has 2 aliphatic rings. The van der Waals surface area contributed by atoms with Gasteiger partial charge in [-0.2, -0.15) is 0 Å². The molecule has 156 valence electrons. The molecular formula is C22H27N7O. The average Bonchev–Trinajstić information content (AvgIpc) is 2.79. The highest BCUT2D eigenvalue weighted by Crippen LogP contribution is 2.24.